The summed E-state index contributed by atoms with van der Waals surface area (Å²) in [6.45, 7) is 5.96. The van der Waals surface area contributed by atoms with Crippen LogP contribution in [0.4, 0.5) is 10.6 Å². The van der Waals surface area contributed by atoms with E-state index in [9.17, 15) is 9.59 Å². The highest BCUT2D eigenvalue weighted by atomic mass is 16.5. The number of carbonyl (C=O) groups excluding carboxylic acids is 2. The van der Waals surface area contributed by atoms with Gasteiger partial charge in [-0.1, -0.05) is 6.07 Å². The van der Waals surface area contributed by atoms with Crippen molar-refractivity contribution >= 4 is 18.1 Å². The first-order valence-corrected chi connectivity index (χ1v) is 9.54. The number of benzene rings is 1. The van der Waals surface area contributed by atoms with Crippen molar-refractivity contribution in [3.63, 3.8) is 0 Å². The topological polar surface area (TPSA) is 93.7 Å². The van der Waals surface area contributed by atoms with Crippen LogP contribution in [0.15, 0.2) is 24.5 Å². The Balaban J connectivity index is 1.58. The van der Waals surface area contributed by atoms with Crippen molar-refractivity contribution in [2.75, 3.05) is 18.6 Å². The van der Waals surface area contributed by atoms with Gasteiger partial charge < -0.3 is 19.6 Å². The molecule has 4 rings (SSSR count). The van der Waals surface area contributed by atoms with Crippen molar-refractivity contribution in [2.24, 2.45) is 0 Å². The maximum absolute atomic E-state index is 12.4. The van der Waals surface area contributed by atoms with E-state index in [1.54, 1.807) is 27.0 Å². The number of hydrogen-bond donors (Lipinski definition) is 1. The van der Waals surface area contributed by atoms with Crippen LogP contribution in [-0.2, 0) is 10.2 Å². The molecule has 2 aliphatic rings. The SMILES string of the molecule is Cc1ccc(Oc2cc(N(C)C(=O)NC(C)(C)C=O)ncn2)c2c1OCC21CC1. The third-order valence-electron chi connectivity index (χ3n) is 5.41. The molecule has 1 aromatic heterocycles. The Bertz CT molecular complexity index is 985. The molecule has 2 heterocycles. The van der Waals surface area contributed by atoms with Crippen molar-refractivity contribution in [1.82, 2.24) is 15.3 Å². The van der Waals surface area contributed by atoms with Crippen LogP contribution in [0, 0.1) is 6.92 Å². The highest BCUT2D eigenvalue weighted by Gasteiger charge is 2.53. The number of hydrogen-bond acceptors (Lipinski definition) is 6. The minimum atomic E-state index is -0.973. The molecule has 1 aromatic carbocycles. The minimum Gasteiger partial charge on any atom is -0.492 e. The van der Waals surface area contributed by atoms with E-state index < -0.39 is 11.6 Å². The molecule has 1 spiro atoms. The first kappa shape index (κ1) is 19.2. The minimum absolute atomic E-state index is 0.0592. The fourth-order valence-electron chi connectivity index (χ4n) is 3.44. The molecule has 1 aliphatic carbocycles. The van der Waals surface area contributed by atoms with E-state index in [1.165, 1.54) is 11.2 Å². The molecule has 1 saturated carbocycles. The van der Waals surface area contributed by atoms with Crippen LogP contribution in [0.3, 0.4) is 0 Å². The zero-order chi connectivity index (χ0) is 20.8. The quantitative estimate of drug-likeness (QED) is 0.781. The van der Waals surface area contributed by atoms with E-state index in [4.69, 9.17) is 9.47 Å². The van der Waals surface area contributed by atoms with Crippen LogP contribution < -0.4 is 19.7 Å². The number of fused-ring (bicyclic) bond motifs is 2. The zero-order valence-electron chi connectivity index (χ0n) is 17.0. The van der Waals surface area contributed by atoms with Gasteiger partial charge >= 0.3 is 6.03 Å². The van der Waals surface area contributed by atoms with Gasteiger partial charge in [0.25, 0.3) is 0 Å². The second kappa shape index (κ2) is 6.72. The third-order valence-corrected chi connectivity index (χ3v) is 5.41. The molecule has 29 heavy (non-hydrogen) atoms. The Hall–Kier alpha value is -3.16. The molecule has 2 amide bonds. The number of ether oxygens (including phenoxy) is 2. The van der Waals surface area contributed by atoms with Crippen LogP contribution in [-0.4, -0.2) is 41.5 Å². The molecule has 2 aromatic rings. The summed E-state index contributed by atoms with van der Waals surface area (Å²) in [4.78, 5) is 33.1. The third kappa shape index (κ3) is 3.50. The Morgan fingerprint density at radius 1 is 1.34 bits per heavy atom. The van der Waals surface area contributed by atoms with E-state index in [0.29, 0.717) is 24.6 Å². The van der Waals surface area contributed by atoms with Crippen molar-refractivity contribution < 1.29 is 19.1 Å². The lowest BCUT2D eigenvalue weighted by Crippen LogP contribution is -2.50. The average Bonchev–Trinajstić information content (AvgIpc) is 3.37. The molecular weight excluding hydrogens is 372 g/mol. The van der Waals surface area contributed by atoms with Crippen LogP contribution in [0.2, 0.25) is 0 Å². The number of urea groups is 1. The molecule has 152 valence electrons. The molecule has 1 N–H and O–H groups in total. The largest absolute Gasteiger partial charge is 0.492 e. The number of anilines is 1. The summed E-state index contributed by atoms with van der Waals surface area (Å²) in [7, 11) is 1.57. The van der Waals surface area contributed by atoms with E-state index in [-0.39, 0.29) is 5.41 Å². The Morgan fingerprint density at radius 2 is 2.10 bits per heavy atom. The lowest BCUT2D eigenvalue weighted by atomic mass is 9.95. The maximum atomic E-state index is 12.4. The smallest absolute Gasteiger partial charge is 0.323 e. The molecule has 8 heteroatoms. The van der Waals surface area contributed by atoms with Crippen molar-refractivity contribution in [1.29, 1.82) is 0 Å². The monoisotopic (exact) mass is 396 g/mol. The van der Waals surface area contributed by atoms with Gasteiger partial charge in [-0.25, -0.2) is 14.8 Å². The van der Waals surface area contributed by atoms with Gasteiger partial charge in [-0.3, -0.25) is 4.90 Å². The molecule has 8 nitrogen and oxygen atoms in total. The van der Waals surface area contributed by atoms with E-state index in [2.05, 4.69) is 15.3 Å². The van der Waals surface area contributed by atoms with Crippen molar-refractivity contribution in [2.45, 2.75) is 44.6 Å². The van der Waals surface area contributed by atoms with Gasteiger partial charge in [0.1, 0.15) is 29.9 Å². The summed E-state index contributed by atoms with van der Waals surface area (Å²) >= 11 is 0. The Morgan fingerprint density at radius 3 is 2.79 bits per heavy atom. The Labute approximate surface area is 169 Å². The van der Waals surface area contributed by atoms with Crippen LogP contribution in [0.5, 0.6) is 17.4 Å². The highest BCUT2D eigenvalue weighted by Crippen LogP contribution is 2.59. The van der Waals surface area contributed by atoms with E-state index >= 15 is 0 Å². The van der Waals surface area contributed by atoms with Gasteiger partial charge in [-0.2, -0.15) is 0 Å². The Kier molecular flexibility index (Phi) is 4.44. The first-order chi connectivity index (χ1) is 13.7. The zero-order valence-corrected chi connectivity index (χ0v) is 17.0. The lowest BCUT2D eigenvalue weighted by molar-refractivity contribution is -0.111. The number of amides is 2. The fourth-order valence-corrected chi connectivity index (χ4v) is 3.44. The summed E-state index contributed by atoms with van der Waals surface area (Å²) in [6, 6.07) is 5.05. The van der Waals surface area contributed by atoms with Crippen molar-refractivity contribution in [3.05, 3.63) is 35.7 Å². The number of nitrogens with zero attached hydrogens (tertiary/aromatic N) is 3. The number of rotatable bonds is 5. The van der Waals surface area contributed by atoms with Crippen LogP contribution in [0.1, 0.15) is 37.8 Å². The van der Waals surface area contributed by atoms with Gasteiger partial charge in [-0.15, -0.1) is 0 Å². The molecule has 1 fully saturated rings. The molecule has 0 bridgehead atoms. The molecule has 0 atom stereocenters. The van der Waals surface area contributed by atoms with Crippen LogP contribution >= 0.6 is 0 Å². The summed E-state index contributed by atoms with van der Waals surface area (Å²) in [6.07, 6.45) is 4.20. The standard InChI is InChI=1S/C21H24N4O4/c1-13-5-6-14(17-18(13)28-11-21(17)7-8-21)29-16-9-15(22-12-23-16)25(4)19(27)24-20(2,3)10-26/h5-6,9-10,12H,7-8,11H2,1-4H3,(H,24,27). The predicted octanol–water partition coefficient (Wildman–Crippen LogP) is 3.12. The predicted molar refractivity (Wildman–Crippen MR) is 107 cm³/mol. The van der Waals surface area contributed by atoms with Gasteiger partial charge in [0.05, 0.1) is 12.1 Å². The number of aldehydes is 1. The van der Waals surface area contributed by atoms with E-state index in [0.717, 1.165) is 35.5 Å². The van der Waals surface area contributed by atoms with E-state index in [1.807, 2.05) is 19.1 Å². The summed E-state index contributed by atoms with van der Waals surface area (Å²) < 4.78 is 12.0. The van der Waals surface area contributed by atoms with Gasteiger partial charge in [-0.05, 0) is 45.2 Å². The number of aromatic nitrogens is 2. The number of nitrogens with one attached hydrogen (secondary N) is 1. The summed E-state index contributed by atoms with van der Waals surface area (Å²) in [5, 5.41) is 2.63. The van der Waals surface area contributed by atoms with Crippen molar-refractivity contribution in [3.8, 4) is 17.4 Å². The molecule has 0 unspecified atom stereocenters. The molecule has 0 radical (unpaired) electrons. The maximum Gasteiger partial charge on any atom is 0.323 e. The molecule has 1 aliphatic heterocycles. The fraction of sp³-hybridized carbons (Fsp3) is 0.429. The average molecular weight is 396 g/mol. The first-order valence-electron chi connectivity index (χ1n) is 9.54. The van der Waals surface area contributed by atoms with Gasteiger partial charge in [0.15, 0.2) is 0 Å². The second-order valence-corrected chi connectivity index (χ2v) is 8.30. The molecular formula is C21H24N4O4. The normalized spacial score (nSPS) is 16.0. The van der Waals surface area contributed by atoms with Crippen LogP contribution in [0.25, 0.3) is 0 Å². The molecule has 0 saturated heterocycles. The number of aryl methyl sites for hydroxylation is 1. The number of carbonyl (C=O) groups is 2. The lowest BCUT2D eigenvalue weighted by Gasteiger charge is -2.24. The second-order valence-electron chi connectivity index (χ2n) is 8.30. The van der Waals surface area contributed by atoms with Gasteiger partial charge in [0, 0.05) is 24.1 Å². The highest BCUT2D eigenvalue weighted by molar-refractivity contribution is 5.92. The summed E-state index contributed by atoms with van der Waals surface area (Å²) in [5.74, 6) is 2.31. The summed E-state index contributed by atoms with van der Waals surface area (Å²) in [5.41, 5.74) is 1.28. The van der Waals surface area contributed by atoms with Gasteiger partial charge in [0.2, 0.25) is 5.88 Å².